The standard InChI is InChI=1S/C21H28N2O4S/c1-5-10-23-14-8-7-9-15(24)18(14)19(22-21(23)28)13-11-16(25-3)20(27-6-2)17(12-13)26-4/h11-12,19H,5-10H2,1-4H3,(H,22,28). The van der Waals surface area contributed by atoms with E-state index in [0.29, 0.717) is 35.4 Å². The molecule has 0 spiro atoms. The van der Waals surface area contributed by atoms with Crippen molar-refractivity contribution >= 4 is 23.1 Å². The number of ketones is 1. The second kappa shape index (κ2) is 8.82. The van der Waals surface area contributed by atoms with Gasteiger partial charge in [0, 0.05) is 24.2 Å². The number of thiocarbonyl (C=S) groups is 1. The van der Waals surface area contributed by atoms with Crippen LogP contribution in [0.25, 0.3) is 0 Å². The molecule has 0 saturated carbocycles. The molecule has 3 rings (SSSR count). The number of carbonyl (C=O) groups is 1. The van der Waals surface area contributed by atoms with Crippen LogP contribution in [0.3, 0.4) is 0 Å². The van der Waals surface area contributed by atoms with Crippen LogP contribution in [0.2, 0.25) is 0 Å². The van der Waals surface area contributed by atoms with E-state index in [-0.39, 0.29) is 11.8 Å². The largest absolute Gasteiger partial charge is 0.493 e. The molecule has 1 N–H and O–H groups in total. The van der Waals surface area contributed by atoms with Crippen LogP contribution < -0.4 is 19.5 Å². The topological polar surface area (TPSA) is 60.0 Å². The Balaban J connectivity index is 2.13. The number of hydrogen-bond donors (Lipinski definition) is 1. The minimum absolute atomic E-state index is 0.175. The number of benzene rings is 1. The molecule has 0 radical (unpaired) electrons. The van der Waals surface area contributed by atoms with Crippen LogP contribution in [0.15, 0.2) is 23.4 Å². The lowest BCUT2D eigenvalue weighted by Crippen LogP contribution is -2.49. The van der Waals surface area contributed by atoms with E-state index in [1.54, 1.807) is 14.2 Å². The van der Waals surface area contributed by atoms with Gasteiger partial charge in [0.2, 0.25) is 5.75 Å². The fraction of sp³-hybridized carbons (Fsp3) is 0.524. The Morgan fingerprint density at radius 3 is 2.43 bits per heavy atom. The molecule has 1 aliphatic heterocycles. The molecule has 0 bridgehead atoms. The van der Waals surface area contributed by atoms with E-state index < -0.39 is 0 Å². The highest BCUT2D eigenvalue weighted by Crippen LogP contribution is 2.44. The third-order valence-electron chi connectivity index (χ3n) is 5.11. The molecule has 0 amide bonds. The van der Waals surface area contributed by atoms with Crippen molar-refractivity contribution in [3.8, 4) is 17.2 Å². The number of nitrogens with zero attached hydrogens (tertiary/aromatic N) is 1. The molecule has 1 atom stereocenters. The summed E-state index contributed by atoms with van der Waals surface area (Å²) in [6, 6.07) is 3.48. The first-order valence-corrected chi connectivity index (χ1v) is 10.2. The SMILES string of the molecule is CCCN1C(=S)NC(c2cc(OC)c(OCC)c(OC)c2)C2=C1CCCC2=O. The fourth-order valence-corrected chi connectivity index (χ4v) is 4.23. The summed E-state index contributed by atoms with van der Waals surface area (Å²) in [5, 5.41) is 4.04. The third kappa shape index (κ3) is 3.68. The van der Waals surface area contributed by atoms with E-state index in [0.717, 1.165) is 42.6 Å². The number of hydrogen-bond acceptors (Lipinski definition) is 5. The van der Waals surface area contributed by atoms with Crippen LogP contribution in [0.1, 0.15) is 51.1 Å². The second-order valence-corrected chi connectivity index (χ2v) is 7.25. The third-order valence-corrected chi connectivity index (χ3v) is 5.45. The highest BCUT2D eigenvalue weighted by atomic mass is 32.1. The lowest BCUT2D eigenvalue weighted by Gasteiger charge is -2.41. The van der Waals surface area contributed by atoms with Crippen molar-refractivity contribution in [2.75, 3.05) is 27.4 Å². The van der Waals surface area contributed by atoms with Gasteiger partial charge in [-0.05, 0) is 56.1 Å². The summed E-state index contributed by atoms with van der Waals surface area (Å²) in [5.74, 6) is 1.89. The van der Waals surface area contributed by atoms with Gasteiger partial charge >= 0.3 is 0 Å². The van der Waals surface area contributed by atoms with Crippen molar-refractivity contribution in [1.29, 1.82) is 0 Å². The minimum Gasteiger partial charge on any atom is -0.493 e. The Bertz CT molecular complexity index is 781. The van der Waals surface area contributed by atoms with Gasteiger partial charge in [-0.15, -0.1) is 0 Å². The molecule has 0 fully saturated rings. The Morgan fingerprint density at radius 1 is 1.18 bits per heavy atom. The summed E-state index contributed by atoms with van der Waals surface area (Å²) in [6.07, 6.45) is 3.25. The van der Waals surface area contributed by atoms with Gasteiger partial charge in [-0.1, -0.05) is 6.92 Å². The first-order valence-electron chi connectivity index (χ1n) is 9.78. The van der Waals surface area contributed by atoms with Gasteiger partial charge in [0.15, 0.2) is 22.4 Å². The zero-order valence-corrected chi connectivity index (χ0v) is 17.8. The molecule has 1 aromatic carbocycles. The molecule has 1 heterocycles. The summed E-state index contributed by atoms with van der Waals surface area (Å²) in [6.45, 7) is 5.33. The summed E-state index contributed by atoms with van der Waals surface area (Å²) in [4.78, 5) is 15.0. The maximum absolute atomic E-state index is 12.9. The second-order valence-electron chi connectivity index (χ2n) is 6.86. The van der Waals surface area contributed by atoms with Crippen molar-refractivity contribution in [2.24, 2.45) is 0 Å². The van der Waals surface area contributed by atoms with Crippen LogP contribution in [0, 0.1) is 0 Å². The van der Waals surface area contributed by atoms with Crippen LogP contribution in [-0.2, 0) is 4.79 Å². The van der Waals surface area contributed by atoms with Gasteiger partial charge in [-0.25, -0.2) is 0 Å². The lowest BCUT2D eigenvalue weighted by atomic mass is 9.84. The Morgan fingerprint density at radius 2 is 1.86 bits per heavy atom. The van der Waals surface area contributed by atoms with Gasteiger partial charge < -0.3 is 24.4 Å². The predicted octanol–water partition coefficient (Wildman–Crippen LogP) is 3.75. The normalized spacial score (nSPS) is 19.3. The van der Waals surface area contributed by atoms with Crippen molar-refractivity contribution in [3.63, 3.8) is 0 Å². The number of rotatable bonds is 7. The predicted molar refractivity (Wildman–Crippen MR) is 112 cm³/mol. The maximum Gasteiger partial charge on any atom is 0.203 e. The van der Waals surface area contributed by atoms with Crippen LogP contribution in [0.5, 0.6) is 17.2 Å². The molecular weight excluding hydrogens is 376 g/mol. The molecule has 152 valence electrons. The van der Waals surface area contributed by atoms with E-state index in [1.807, 2.05) is 19.1 Å². The first-order chi connectivity index (χ1) is 13.5. The summed E-state index contributed by atoms with van der Waals surface area (Å²) < 4.78 is 16.8. The number of nitrogens with one attached hydrogen (secondary N) is 1. The van der Waals surface area contributed by atoms with Crippen molar-refractivity contribution in [1.82, 2.24) is 10.2 Å². The van der Waals surface area contributed by atoms with E-state index >= 15 is 0 Å². The Kier molecular flexibility index (Phi) is 6.44. The monoisotopic (exact) mass is 404 g/mol. The Labute approximate surface area is 171 Å². The maximum atomic E-state index is 12.9. The summed E-state index contributed by atoms with van der Waals surface area (Å²) in [7, 11) is 3.19. The quantitative estimate of drug-likeness (QED) is 0.695. The first kappa shape index (κ1) is 20.5. The minimum atomic E-state index is -0.318. The molecule has 1 aromatic rings. The van der Waals surface area contributed by atoms with Crippen molar-refractivity contribution in [2.45, 2.75) is 45.6 Å². The van der Waals surface area contributed by atoms with E-state index in [1.165, 1.54) is 0 Å². The van der Waals surface area contributed by atoms with E-state index in [2.05, 4.69) is 17.1 Å². The molecule has 1 unspecified atom stereocenters. The zero-order chi connectivity index (χ0) is 20.3. The van der Waals surface area contributed by atoms with Crippen LogP contribution in [-0.4, -0.2) is 43.2 Å². The highest BCUT2D eigenvalue weighted by molar-refractivity contribution is 7.80. The van der Waals surface area contributed by atoms with Crippen molar-refractivity contribution in [3.05, 3.63) is 29.0 Å². The molecule has 6 nitrogen and oxygen atoms in total. The van der Waals surface area contributed by atoms with Gasteiger partial charge in [0.1, 0.15) is 0 Å². The van der Waals surface area contributed by atoms with Gasteiger partial charge in [-0.3, -0.25) is 4.79 Å². The number of allylic oxidation sites excluding steroid dienone is 1. The van der Waals surface area contributed by atoms with Gasteiger partial charge in [-0.2, -0.15) is 0 Å². The average Bonchev–Trinajstić information content (AvgIpc) is 2.70. The molecule has 1 aliphatic carbocycles. The van der Waals surface area contributed by atoms with Crippen LogP contribution >= 0.6 is 12.2 Å². The number of Topliss-reactive ketones (excluding diaryl/α,β-unsaturated/α-hetero) is 1. The summed E-state index contributed by atoms with van der Waals surface area (Å²) in [5.41, 5.74) is 2.73. The zero-order valence-electron chi connectivity index (χ0n) is 17.0. The number of ether oxygens (including phenoxy) is 3. The Hall–Kier alpha value is -2.28. The van der Waals surface area contributed by atoms with E-state index in [9.17, 15) is 4.79 Å². The highest BCUT2D eigenvalue weighted by Gasteiger charge is 2.37. The van der Waals surface area contributed by atoms with Gasteiger partial charge in [0.05, 0.1) is 26.9 Å². The lowest BCUT2D eigenvalue weighted by molar-refractivity contribution is -0.116. The molecule has 0 saturated heterocycles. The van der Waals surface area contributed by atoms with Crippen LogP contribution in [0.4, 0.5) is 0 Å². The molecular formula is C21H28N2O4S. The smallest absolute Gasteiger partial charge is 0.203 e. The molecule has 0 aromatic heterocycles. The van der Waals surface area contributed by atoms with E-state index in [4.69, 9.17) is 26.4 Å². The average molecular weight is 405 g/mol. The fourth-order valence-electron chi connectivity index (χ4n) is 3.91. The van der Waals surface area contributed by atoms with Crippen molar-refractivity contribution < 1.29 is 19.0 Å². The number of carbonyl (C=O) groups excluding carboxylic acids is 1. The molecule has 7 heteroatoms. The summed E-state index contributed by atoms with van der Waals surface area (Å²) >= 11 is 5.65. The number of methoxy groups -OCH3 is 2. The van der Waals surface area contributed by atoms with Gasteiger partial charge in [0.25, 0.3) is 0 Å². The molecule has 2 aliphatic rings. The molecule has 28 heavy (non-hydrogen) atoms.